The van der Waals surface area contributed by atoms with Gasteiger partial charge in [-0.3, -0.25) is 0 Å². The van der Waals surface area contributed by atoms with E-state index in [-0.39, 0.29) is 11.7 Å². The summed E-state index contributed by atoms with van der Waals surface area (Å²) in [5, 5.41) is 9.01. The Bertz CT molecular complexity index is 1050. The van der Waals surface area contributed by atoms with Gasteiger partial charge < -0.3 is 19.3 Å². The number of rotatable bonds is 9. The van der Waals surface area contributed by atoms with Gasteiger partial charge in [-0.15, -0.1) is 0 Å². The number of hydrogen-bond donors (Lipinski definition) is 1. The maximum atomic E-state index is 12.2. The Morgan fingerprint density at radius 2 is 1.74 bits per heavy atom. The Morgan fingerprint density at radius 1 is 1.03 bits per heavy atom. The maximum Gasteiger partial charge on any atom is 0.341 e. The molecular weight excluding hydrogens is 432 g/mol. The molecule has 6 nitrogen and oxygen atoms in total. The van der Waals surface area contributed by atoms with Crippen LogP contribution in [0.1, 0.15) is 51.2 Å². The van der Waals surface area contributed by atoms with Crippen LogP contribution in [0, 0.1) is 5.92 Å². The third kappa shape index (κ3) is 6.43. The minimum Gasteiger partial charge on any atom is -0.423 e. The van der Waals surface area contributed by atoms with Crippen molar-refractivity contribution >= 4 is 11.9 Å². The lowest BCUT2D eigenvalue weighted by Gasteiger charge is -2.30. The van der Waals surface area contributed by atoms with Crippen molar-refractivity contribution in [2.75, 3.05) is 13.2 Å². The maximum absolute atomic E-state index is 12.2. The van der Waals surface area contributed by atoms with Crippen molar-refractivity contribution in [2.24, 2.45) is 5.92 Å². The topological polar surface area (TPSA) is 82.1 Å². The van der Waals surface area contributed by atoms with Gasteiger partial charge in [0.1, 0.15) is 11.5 Å². The van der Waals surface area contributed by atoms with Crippen molar-refractivity contribution in [1.29, 1.82) is 0 Å². The predicted octanol–water partition coefficient (Wildman–Crippen LogP) is 5.56. The molecule has 0 saturated carbocycles. The molecule has 34 heavy (non-hydrogen) atoms. The summed E-state index contributed by atoms with van der Waals surface area (Å²) in [6.07, 6.45) is 4.04. The second-order valence-corrected chi connectivity index (χ2v) is 8.65. The van der Waals surface area contributed by atoms with Gasteiger partial charge in [-0.1, -0.05) is 44.7 Å². The lowest BCUT2D eigenvalue weighted by molar-refractivity contribution is -0.131. The molecular formula is C28H32O6. The van der Waals surface area contributed by atoms with E-state index in [2.05, 4.69) is 20.1 Å². The highest BCUT2D eigenvalue weighted by Gasteiger charge is 2.26. The summed E-state index contributed by atoms with van der Waals surface area (Å²) in [6, 6.07) is 12.7. The third-order valence-corrected chi connectivity index (χ3v) is 5.85. The zero-order valence-electron chi connectivity index (χ0n) is 19.8. The average molecular weight is 465 g/mol. The molecule has 2 unspecified atom stereocenters. The van der Waals surface area contributed by atoms with Gasteiger partial charge in [0.15, 0.2) is 0 Å². The Balaban J connectivity index is 1.85. The summed E-state index contributed by atoms with van der Waals surface area (Å²) in [5.41, 5.74) is 2.97. The zero-order valence-corrected chi connectivity index (χ0v) is 19.8. The first-order chi connectivity index (χ1) is 16.3. The molecule has 1 aliphatic heterocycles. The van der Waals surface area contributed by atoms with Crippen LogP contribution in [-0.2, 0) is 14.3 Å². The van der Waals surface area contributed by atoms with Crippen LogP contribution in [0.3, 0.4) is 0 Å². The van der Waals surface area contributed by atoms with E-state index in [0.29, 0.717) is 29.6 Å². The van der Waals surface area contributed by atoms with Gasteiger partial charge >= 0.3 is 11.9 Å². The van der Waals surface area contributed by atoms with Crippen LogP contribution in [0.5, 0.6) is 11.5 Å². The highest BCUT2D eigenvalue weighted by Crippen LogP contribution is 2.39. The van der Waals surface area contributed by atoms with Gasteiger partial charge in [0, 0.05) is 11.1 Å². The molecule has 0 aliphatic carbocycles. The molecule has 0 bridgehead atoms. The first-order valence-electron chi connectivity index (χ1n) is 11.6. The lowest BCUT2D eigenvalue weighted by Crippen LogP contribution is -2.21. The van der Waals surface area contributed by atoms with Crippen LogP contribution in [0.2, 0.25) is 0 Å². The quantitative estimate of drug-likeness (QED) is 0.297. The lowest BCUT2D eigenvalue weighted by atomic mass is 9.90. The standard InChI is InChI=1S/C28H32O6/c1-5-6-20-7-13-25(32-17-20)24-15-22(10-14-26(24)34-27(30)18(2)3)21-8-11-23(12-9-21)33-28(31)19(4)16-29/h8-12,14-15,20,25,29H,2,4-7,13,16-17H2,1,3H3. The normalized spacial score (nSPS) is 17.6. The summed E-state index contributed by atoms with van der Waals surface area (Å²) >= 11 is 0. The van der Waals surface area contributed by atoms with Crippen LogP contribution in [0.25, 0.3) is 11.1 Å². The number of benzene rings is 2. The first-order valence-corrected chi connectivity index (χ1v) is 11.6. The van der Waals surface area contributed by atoms with Gasteiger partial charge in [-0.05, 0) is 67.5 Å². The second kappa shape index (κ2) is 11.8. The van der Waals surface area contributed by atoms with Crippen LogP contribution in [-0.4, -0.2) is 30.3 Å². The SMILES string of the molecule is C=C(C)C(=O)Oc1ccc(-c2ccc(OC(=O)C(=C)CO)cc2)cc1C1CCC(CCC)CO1. The monoisotopic (exact) mass is 464 g/mol. The fourth-order valence-corrected chi connectivity index (χ4v) is 3.91. The Morgan fingerprint density at radius 3 is 2.32 bits per heavy atom. The van der Waals surface area contributed by atoms with Crippen molar-refractivity contribution in [3.8, 4) is 22.6 Å². The zero-order chi connectivity index (χ0) is 24.7. The number of ether oxygens (including phenoxy) is 3. The van der Waals surface area contributed by atoms with Gasteiger partial charge in [0.25, 0.3) is 0 Å². The summed E-state index contributed by atoms with van der Waals surface area (Å²) < 4.78 is 17.0. The van der Waals surface area contributed by atoms with E-state index < -0.39 is 18.5 Å². The number of carbonyl (C=O) groups excluding carboxylic acids is 2. The van der Waals surface area contributed by atoms with E-state index in [9.17, 15) is 9.59 Å². The molecule has 0 spiro atoms. The molecule has 2 aromatic rings. The van der Waals surface area contributed by atoms with Crippen LogP contribution >= 0.6 is 0 Å². The average Bonchev–Trinajstić information content (AvgIpc) is 2.85. The predicted molar refractivity (Wildman–Crippen MR) is 131 cm³/mol. The number of esters is 2. The first kappa shape index (κ1) is 25.4. The number of hydrogen-bond acceptors (Lipinski definition) is 6. The van der Waals surface area contributed by atoms with E-state index in [1.54, 1.807) is 25.1 Å². The van der Waals surface area contributed by atoms with Gasteiger partial charge in [0.05, 0.1) is 24.9 Å². The Kier molecular flexibility index (Phi) is 8.79. The van der Waals surface area contributed by atoms with E-state index >= 15 is 0 Å². The van der Waals surface area contributed by atoms with E-state index in [1.165, 1.54) is 0 Å². The number of aliphatic hydroxyl groups excluding tert-OH is 1. The fraction of sp³-hybridized carbons (Fsp3) is 0.357. The minimum absolute atomic E-state index is 0.0118. The molecule has 2 aromatic carbocycles. The summed E-state index contributed by atoms with van der Waals surface area (Å²) in [5.74, 6) is 0.251. The van der Waals surface area contributed by atoms with Crippen LogP contribution < -0.4 is 9.47 Å². The minimum atomic E-state index is -0.669. The second-order valence-electron chi connectivity index (χ2n) is 8.65. The van der Waals surface area contributed by atoms with Crippen molar-refractivity contribution in [1.82, 2.24) is 0 Å². The smallest absolute Gasteiger partial charge is 0.341 e. The summed E-state index contributed by atoms with van der Waals surface area (Å²) in [6.45, 7) is 11.2. The molecule has 1 fully saturated rings. The third-order valence-electron chi connectivity index (χ3n) is 5.85. The highest BCUT2D eigenvalue weighted by atomic mass is 16.5. The largest absolute Gasteiger partial charge is 0.423 e. The number of aliphatic hydroxyl groups is 1. The molecule has 0 aromatic heterocycles. The number of carbonyl (C=O) groups is 2. The molecule has 1 saturated heterocycles. The Labute approximate surface area is 200 Å². The molecule has 3 rings (SSSR count). The molecule has 0 radical (unpaired) electrons. The van der Waals surface area contributed by atoms with Crippen molar-refractivity contribution in [3.63, 3.8) is 0 Å². The van der Waals surface area contributed by atoms with Gasteiger partial charge in [0.2, 0.25) is 0 Å². The fourth-order valence-electron chi connectivity index (χ4n) is 3.91. The molecule has 6 heteroatoms. The molecule has 180 valence electrons. The van der Waals surface area contributed by atoms with E-state index in [0.717, 1.165) is 42.4 Å². The van der Waals surface area contributed by atoms with Gasteiger partial charge in [-0.25, -0.2) is 9.59 Å². The molecule has 1 aliphatic rings. The molecule has 1 N–H and O–H groups in total. The Hall–Kier alpha value is -3.22. The van der Waals surface area contributed by atoms with Crippen LogP contribution in [0.4, 0.5) is 0 Å². The molecule has 1 heterocycles. The van der Waals surface area contributed by atoms with Crippen molar-refractivity contribution in [2.45, 2.75) is 45.6 Å². The summed E-state index contributed by atoms with van der Waals surface area (Å²) in [7, 11) is 0. The molecule has 2 atom stereocenters. The molecule has 0 amide bonds. The van der Waals surface area contributed by atoms with E-state index in [4.69, 9.17) is 19.3 Å². The van der Waals surface area contributed by atoms with Crippen LogP contribution in [0.15, 0.2) is 66.8 Å². The van der Waals surface area contributed by atoms with Gasteiger partial charge in [-0.2, -0.15) is 0 Å². The van der Waals surface area contributed by atoms with Crippen molar-refractivity contribution in [3.05, 3.63) is 72.3 Å². The van der Waals surface area contributed by atoms with E-state index in [1.807, 2.05) is 24.3 Å². The van der Waals surface area contributed by atoms with Crippen molar-refractivity contribution < 1.29 is 28.9 Å². The highest BCUT2D eigenvalue weighted by molar-refractivity contribution is 5.90. The summed E-state index contributed by atoms with van der Waals surface area (Å²) in [4.78, 5) is 24.0.